The van der Waals surface area contributed by atoms with Gasteiger partial charge in [-0.1, -0.05) is 77.5 Å². The summed E-state index contributed by atoms with van der Waals surface area (Å²) in [4.78, 5) is 11.8. The molecule has 0 saturated heterocycles. The fourth-order valence-electron chi connectivity index (χ4n) is 4.51. The molecule has 1 aromatic heterocycles. The smallest absolute Gasteiger partial charge is 0.0912 e. The predicted octanol–water partition coefficient (Wildman–Crippen LogP) is 8.15. The van der Waals surface area contributed by atoms with Gasteiger partial charge < -0.3 is 4.90 Å². The van der Waals surface area contributed by atoms with Gasteiger partial charge in [-0.25, -0.2) is 4.99 Å². The lowest BCUT2D eigenvalue weighted by Gasteiger charge is -2.25. The molecule has 0 saturated carbocycles. The lowest BCUT2D eigenvalue weighted by atomic mass is 9.94. The molecule has 0 aliphatic carbocycles. The van der Waals surface area contributed by atoms with Crippen LogP contribution >= 0.6 is 0 Å². The van der Waals surface area contributed by atoms with Crippen LogP contribution in [0.5, 0.6) is 0 Å². The van der Waals surface area contributed by atoms with Crippen molar-refractivity contribution in [2.24, 2.45) is 4.99 Å². The van der Waals surface area contributed by atoms with Crippen molar-refractivity contribution in [3.8, 4) is 0 Å². The molecule has 174 valence electrons. The van der Waals surface area contributed by atoms with Crippen molar-refractivity contribution >= 4 is 28.9 Å². The molecule has 1 heterocycles. The third-order valence-corrected chi connectivity index (χ3v) is 6.37. The second-order valence-corrected chi connectivity index (χ2v) is 9.28. The van der Waals surface area contributed by atoms with Gasteiger partial charge in [0.25, 0.3) is 0 Å². The summed E-state index contributed by atoms with van der Waals surface area (Å²) in [5.41, 5.74) is 5.80. The Morgan fingerprint density at radius 1 is 1.03 bits per heavy atom. The highest BCUT2D eigenvalue weighted by atomic mass is 15.1. The topological polar surface area (TPSA) is 28.5 Å². The van der Waals surface area contributed by atoms with Crippen LogP contribution in [-0.2, 0) is 6.42 Å². The van der Waals surface area contributed by atoms with Gasteiger partial charge in [0.05, 0.1) is 12.0 Å². The zero-order chi connectivity index (χ0) is 23.8. The SMILES string of the molecule is C=Cc1cc(Cc2ccnc(C(C)C)c2)c2ccccc2c1N=CN(C)C(CCC)CCC. The summed E-state index contributed by atoms with van der Waals surface area (Å²) in [6, 6.07) is 15.7. The molecule has 0 aliphatic heterocycles. The first-order valence-corrected chi connectivity index (χ1v) is 12.4. The number of aliphatic imine (C=N–C) groups is 1. The van der Waals surface area contributed by atoms with Crippen LogP contribution in [0.2, 0.25) is 0 Å². The predicted molar refractivity (Wildman–Crippen MR) is 145 cm³/mol. The highest BCUT2D eigenvalue weighted by Crippen LogP contribution is 2.35. The van der Waals surface area contributed by atoms with E-state index in [0.29, 0.717) is 12.0 Å². The van der Waals surface area contributed by atoms with E-state index in [0.717, 1.165) is 23.4 Å². The van der Waals surface area contributed by atoms with Gasteiger partial charge >= 0.3 is 0 Å². The van der Waals surface area contributed by atoms with Crippen molar-refractivity contribution in [3.63, 3.8) is 0 Å². The number of pyridine rings is 1. The number of fused-ring (bicyclic) bond motifs is 1. The third-order valence-electron chi connectivity index (χ3n) is 6.37. The van der Waals surface area contributed by atoms with Crippen molar-refractivity contribution in [2.45, 2.75) is 71.8 Å². The van der Waals surface area contributed by atoms with Crippen LogP contribution in [0.15, 0.2) is 60.2 Å². The molecule has 0 fully saturated rings. The van der Waals surface area contributed by atoms with Crippen molar-refractivity contribution < 1.29 is 0 Å². The summed E-state index contributed by atoms with van der Waals surface area (Å²) in [5.74, 6) is 0.420. The van der Waals surface area contributed by atoms with Crippen LogP contribution in [-0.4, -0.2) is 29.3 Å². The summed E-state index contributed by atoms with van der Waals surface area (Å²) in [6.07, 6.45) is 11.5. The summed E-state index contributed by atoms with van der Waals surface area (Å²) < 4.78 is 0. The molecule has 0 radical (unpaired) electrons. The van der Waals surface area contributed by atoms with Crippen LogP contribution in [0.1, 0.15) is 81.7 Å². The Bertz CT molecular complexity index is 1090. The van der Waals surface area contributed by atoms with Crippen molar-refractivity contribution in [1.29, 1.82) is 0 Å². The van der Waals surface area contributed by atoms with E-state index in [4.69, 9.17) is 4.99 Å². The molecule has 3 nitrogen and oxygen atoms in total. The Balaban J connectivity index is 2.01. The first-order valence-electron chi connectivity index (χ1n) is 12.4. The van der Waals surface area contributed by atoms with Gasteiger partial charge in [0, 0.05) is 35.9 Å². The number of hydrogen-bond acceptors (Lipinski definition) is 2. The van der Waals surface area contributed by atoms with Gasteiger partial charge in [-0.3, -0.25) is 4.98 Å². The molecule has 0 N–H and O–H groups in total. The zero-order valence-electron chi connectivity index (χ0n) is 21.0. The second kappa shape index (κ2) is 11.8. The lowest BCUT2D eigenvalue weighted by molar-refractivity contribution is 0.329. The highest BCUT2D eigenvalue weighted by molar-refractivity contribution is 5.99. The van der Waals surface area contributed by atoms with Gasteiger partial charge in [-0.05, 0) is 59.9 Å². The second-order valence-electron chi connectivity index (χ2n) is 9.28. The molecule has 3 aromatic rings. The van der Waals surface area contributed by atoms with Crippen molar-refractivity contribution in [1.82, 2.24) is 9.88 Å². The average molecular weight is 442 g/mol. The highest BCUT2D eigenvalue weighted by Gasteiger charge is 2.13. The molecule has 33 heavy (non-hydrogen) atoms. The molecule has 0 atom stereocenters. The summed E-state index contributed by atoms with van der Waals surface area (Å²) in [7, 11) is 2.15. The third kappa shape index (κ3) is 6.10. The maximum Gasteiger partial charge on any atom is 0.0912 e. The van der Waals surface area contributed by atoms with Crippen molar-refractivity contribution in [2.75, 3.05) is 7.05 Å². The van der Waals surface area contributed by atoms with E-state index in [1.807, 2.05) is 18.6 Å². The number of aromatic nitrogens is 1. The van der Waals surface area contributed by atoms with E-state index in [1.54, 1.807) is 0 Å². The van der Waals surface area contributed by atoms with Crippen molar-refractivity contribution in [3.05, 3.63) is 77.6 Å². The molecule has 0 unspecified atom stereocenters. The van der Waals surface area contributed by atoms with Crippen LogP contribution in [0.4, 0.5) is 5.69 Å². The molecular weight excluding hydrogens is 402 g/mol. The van der Waals surface area contributed by atoms with E-state index in [2.05, 4.69) is 93.7 Å². The lowest BCUT2D eigenvalue weighted by Crippen LogP contribution is -2.30. The first kappa shape index (κ1) is 24.7. The molecule has 3 heteroatoms. The fraction of sp³-hybridized carbons (Fsp3) is 0.400. The standard InChI is InChI=1S/C30H39N3/c1-7-12-26(13-8-2)33(6)21-32-30-24(9-3)20-25(27-14-10-11-15-28(27)30)18-23-16-17-31-29(19-23)22(4)5/h9-11,14-17,19-22,26H,3,7-8,12-13,18H2,1-2,4-6H3. The Morgan fingerprint density at radius 2 is 1.73 bits per heavy atom. The number of nitrogens with zero attached hydrogens (tertiary/aromatic N) is 3. The van der Waals surface area contributed by atoms with Gasteiger partial charge in [0.15, 0.2) is 0 Å². The molecule has 0 spiro atoms. The Kier molecular flexibility index (Phi) is 8.82. The van der Waals surface area contributed by atoms with Gasteiger partial charge in [0.2, 0.25) is 0 Å². The molecule has 3 rings (SSSR count). The molecule has 0 amide bonds. The summed E-state index contributed by atoms with van der Waals surface area (Å²) in [5, 5.41) is 2.43. The minimum atomic E-state index is 0.420. The Labute approximate surface area is 200 Å². The number of rotatable bonds is 11. The Morgan fingerprint density at radius 3 is 2.36 bits per heavy atom. The van der Waals surface area contributed by atoms with E-state index >= 15 is 0 Å². The largest absolute Gasteiger partial charge is 0.363 e. The van der Waals surface area contributed by atoms with Gasteiger partial charge in [0.1, 0.15) is 0 Å². The van der Waals surface area contributed by atoms with E-state index in [-0.39, 0.29) is 0 Å². The first-order chi connectivity index (χ1) is 16.0. The van der Waals surface area contributed by atoms with Crippen LogP contribution in [0.25, 0.3) is 16.8 Å². The van der Waals surface area contributed by atoms with Crippen LogP contribution in [0, 0.1) is 0 Å². The maximum atomic E-state index is 5.00. The fourth-order valence-corrected chi connectivity index (χ4v) is 4.51. The van der Waals surface area contributed by atoms with Crippen LogP contribution in [0.3, 0.4) is 0 Å². The number of benzene rings is 2. The zero-order valence-corrected chi connectivity index (χ0v) is 21.0. The van der Waals surface area contributed by atoms with Gasteiger partial charge in [-0.15, -0.1) is 0 Å². The van der Waals surface area contributed by atoms with Gasteiger partial charge in [-0.2, -0.15) is 0 Å². The molecule has 2 aromatic carbocycles. The molecule has 0 aliphatic rings. The van der Waals surface area contributed by atoms with E-state index in [1.165, 1.54) is 47.6 Å². The Hall–Kier alpha value is -2.94. The average Bonchev–Trinajstić information content (AvgIpc) is 2.83. The van der Waals surface area contributed by atoms with Crippen LogP contribution < -0.4 is 0 Å². The van der Waals surface area contributed by atoms with E-state index in [9.17, 15) is 0 Å². The van der Waals surface area contributed by atoms with E-state index < -0.39 is 0 Å². The summed E-state index contributed by atoms with van der Waals surface area (Å²) in [6.45, 7) is 13.0. The minimum Gasteiger partial charge on any atom is -0.363 e. The monoisotopic (exact) mass is 441 g/mol. The quantitative estimate of drug-likeness (QED) is 0.222. The minimum absolute atomic E-state index is 0.420. The summed E-state index contributed by atoms with van der Waals surface area (Å²) >= 11 is 0. The molecular formula is C30H39N3. The maximum absolute atomic E-state index is 5.00. The number of hydrogen-bond donors (Lipinski definition) is 0. The molecule has 0 bridgehead atoms. The normalized spacial score (nSPS) is 11.7.